The van der Waals surface area contributed by atoms with Gasteiger partial charge < -0.3 is 75.7 Å². The Morgan fingerprint density at radius 2 is 1.15 bits per heavy atom. The summed E-state index contributed by atoms with van der Waals surface area (Å²) in [7, 11) is 0. The topological polar surface area (TPSA) is 298 Å². The average Bonchev–Trinajstić information content (AvgIpc) is 3.71. The van der Waals surface area contributed by atoms with Crippen LogP contribution in [-0.2, 0) is 6.42 Å². The van der Waals surface area contributed by atoms with Crippen LogP contribution in [0.15, 0.2) is 95.1 Å². The summed E-state index contributed by atoms with van der Waals surface area (Å²) in [5.41, 5.74) is 3.11. The molecule has 9 aromatic rings. The molecule has 0 bridgehead atoms. The van der Waals surface area contributed by atoms with Crippen LogP contribution in [0.3, 0.4) is 0 Å². The molecule has 8 aromatic carbocycles. The van der Waals surface area contributed by atoms with Crippen molar-refractivity contribution < 1.29 is 80.6 Å². The summed E-state index contributed by atoms with van der Waals surface area (Å²) in [4.78, 5) is 12.9. The molecule has 1 aliphatic heterocycles. The number of allylic oxidation sites excluding steroid dienone is 4. The molecule has 2 aliphatic carbocycles. The van der Waals surface area contributed by atoms with E-state index < -0.39 is 80.6 Å². The Kier molecular flexibility index (Phi) is 9.66. The lowest BCUT2D eigenvalue weighted by Gasteiger charge is -2.33. The fourth-order valence-corrected chi connectivity index (χ4v) is 11.1. The molecule has 12 rings (SSSR count). The molecule has 0 fully saturated rings. The maximum Gasteiger partial charge on any atom is 0.229 e. The van der Waals surface area contributed by atoms with Crippen molar-refractivity contribution in [1.29, 1.82) is 0 Å². The highest BCUT2D eigenvalue weighted by molar-refractivity contribution is 6.29. The molecule has 1 unspecified atom stereocenters. The monoisotopic (exact) mass is 997 g/mol. The van der Waals surface area contributed by atoms with Crippen LogP contribution < -0.4 is 14.7 Å². The summed E-state index contributed by atoms with van der Waals surface area (Å²) in [5.74, 6) is -10.5. The van der Waals surface area contributed by atoms with E-state index in [1.54, 1.807) is 13.8 Å². The molecule has 372 valence electrons. The number of fused-ring (bicyclic) bond motifs is 3. The highest BCUT2D eigenvalue weighted by atomic mass is 17.2. The summed E-state index contributed by atoms with van der Waals surface area (Å²) in [6, 6.07) is 21.0. The lowest BCUT2D eigenvalue weighted by Crippen LogP contribution is -2.19. The van der Waals surface area contributed by atoms with E-state index >= 15 is 0 Å². The Hall–Kier alpha value is -9.90. The quantitative estimate of drug-likeness (QED) is 0.0418. The molecule has 17 nitrogen and oxygen atoms in total. The second-order valence-electron chi connectivity index (χ2n) is 18.7. The van der Waals surface area contributed by atoms with Gasteiger partial charge in [0.05, 0.1) is 32.8 Å². The van der Waals surface area contributed by atoms with E-state index in [1.807, 2.05) is 48.5 Å². The van der Waals surface area contributed by atoms with E-state index in [0.29, 0.717) is 11.1 Å². The highest BCUT2D eigenvalue weighted by Gasteiger charge is 2.39. The van der Waals surface area contributed by atoms with Crippen LogP contribution in [0, 0.1) is 20.8 Å². The normalized spacial score (nSPS) is 14.7. The van der Waals surface area contributed by atoms with Crippen molar-refractivity contribution in [1.82, 2.24) is 0 Å². The number of nitrogens with zero attached hydrogens (tertiary/aromatic N) is 1. The predicted molar refractivity (Wildman–Crippen MR) is 272 cm³/mol. The predicted octanol–water partition coefficient (Wildman–Crippen LogP) is 11.4. The summed E-state index contributed by atoms with van der Waals surface area (Å²) in [5, 5.41) is 150. The van der Waals surface area contributed by atoms with Crippen molar-refractivity contribution in [3.63, 3.8) is 0 Å². The number of phenols is 13. The minimum atomic E-state index is -0.903. The van der Waals surface area contributed by atoms with Gasteiger partial charge in [0.15, 0.2) is 68.7 Å². The van der Waals surface area contributed by atoms with Crippen molar-refractivity contribution in [2.45, 2.75) is 46.0 Å². The van der Waals surface area contributed by atoms with Crippen molar-refractivity contribution in [3.8, 4) is 108 Å². The molecule has 17 heteroatoms. The van der Waals surface area contributed by atoms with Gasteiger partial charge in [-0.2, -0.15) is 0 Å². The van der Waals surface area contributed by atoms with Crippen molar-refractivity contribution in [2.75, 3.05) is 4.90 Å². The summed E-state index contributed by atoms with van der Waals surface area (Å²) >= 11 is 0. The molecule has 1 atom stereocenters. The number of aromatic hydroxyl groups is 13. The van der Waals surface area contributed by atoms with Gasteiger partial charge in [-0.3, -0.25) is 9.78 Å². The van der Waals surface area contributed by atoms with Crippen molar-refractivity contribution in [3.05, 3.63) is 130 Å². The Bertz CT molecular complexity index is 4030. The van der Waals surface area contributed by atoms with Gasteiger partial charge in [-0.25, -0.2) is 0 Å². The molecule has 1 aromatic heterocycles. The first-order valence-electron chi connectivity index (χ1n) is 23.2. The van der Waals surface area contributed by atoms with E-state index in [0.717, 1.165) is 22.3 Å². The zero-order valence-corrected chi connectivity index (χ0v) is 39.3. The van der Waals surface area contributed by atoms with Crippen LogP contribution in [-0.4, -0.2) is 66.4 Å². The van der Waals surface area contributed by atoms with E-state index in [9.17, 15) is 66.4 Å². The lowest BCUT2D eigenvalue weighted by molar-refractivity contribution is -0.0986. The molecule has 0 amide bonds. The van der Waals surface area contributed by atoms with Gasteiger partial charge in [-0.1, -0.05) is 66.7 Å². The molecule has 2 heterocycles. The third-order valence-corrected chi connectivity index (χ3v) is 15.0. The standard InChI is InChI=1S/C57H43NO16/c1-21-22(2)54-39-37-36-38(48(66)53(71)55(37)72-56(39)43(21)61)44(62)33(49(67)57(36)74-73-54)24-15-17-27(18-16-24)58(28-11-8-10-26(19-28)34-41(59)23(3)42(60)52(70)45(34)63)40-50(68)46(64)35(47(65)51(40)69)32-20-25-9-4-5-12-29(25)30-13-6-7-14-31(30)32/h4-15,17,19,32,59-71H,16,18,20H2,1-3H3. The maximum atomic E-state index is 12.3. The third kappa shape index (κ3) is 5.97. The number of hydrogen-bond donors (Lipinski definition) is 13. The second kappa shape index (κ2) is 15.8. The van der Waals surface area contributed by atoms with E-state index in [1.165, 1.54) is 48.2 Å². The van der Waals surface area contributed by atoms with Gasteiger partial charge in [0.2, 0.25) is 17.2 Å². The average molecular weight is 998 g/mol. The summed E-state index contributed by atoms with van der Waals surface area (Å²) in [6.07, 6.45) is 3.13. The highest BCUT2D eigenvalue weighted by Crippen LogP contribution is 2.63. The number of phenolic OH excluding ortho intramolecular Hbond substituents is 13. The molecule has 13 N–H and O–H groups in total. The van der Waals surface area contributed by atoms with Gasteiger partial charge in [0.1, 0.15) is 17.2 Å². The molecule has 0 saturated carbocycles. The fraction of sp³-hybridized carbons (Fsp3) is 0.123. The minimum absolute atomic E-state index is 0.0608. The number of benzene rings is 8. The Morgan fingerprint density at radius 3 is 1.86 bits per heavy atom. The minimum Gasteiger partial charge on any atom is -0.507 e. The largest absolute Gasteiger partial charge is 0.507 e. The maximum absolute atomic E-state index is 12.3. The lowest BCUT2D eigenvalue weighted by atomic mass is 9.75. The van der Waals surface area contributed by atoms with E-state index in [2.05, 4.69) is 0 Å². The number of furan rings is 1. The second-order valence-corrected chi connectivity index (χ2v) is 18.7. The smallest absolute Gasteiger partial charge is 0.229 e. The first kappa shape index (κ1) is 45.3. The van der Waals surface area contributed by atoms with Crippen LogP contribution >= 0.6 is 0 Å². The van der Waals surface area contributed by atoms with E-state index in [-0.39, 0.29) is 114 Å². The molecule has 0 radical (unpaired) electrons. The van der Waals surface area contributed by atoms with Gasteiger partial charge >= 0.3 is 0 Å². The Labute approximate surface area is 417 Å². The van der Waals surface area contributed by atoms with Crippen LogP contribution in [0.25, 0.3) is 60.5 Å². The summed E-state index contributed by atoms with van der Waals surface area (Å²) in [6.45, 7) is 4.58. The third-order valence-electron chi connectivity index (χ3n) is 15.0. The molecular weight excluding hydrogens is 955 g/mol. The number of hydrogen-bond acceptors (Lipinski definition) is 17. The molecule has 0 saturated heterocycles. The first-order chi connectivity index (χ1) is 35.4. The molecular formula is C57H43NO16. The zero-order chi connectivity index (χ0) is 52.1. The fourth-order valence-electron chi connectivity index (χ4n) is 11.1. The van der Waals surface area contributed by atoms with Gasteiger partial charge in [-0.05, 0) is 91.6 Å². The van der Waals surface area contributed by atoms with Crippen LogP contribution in [0.4, 0.5) is 11.4 Å². The van der Waals surface area contributed by atoms with Crippen LogP contribution in [0.5, 0.6) is 86.2 Å². The summed E-state index contributed by atoms with van der Waals surface area (Å²) < 4.78 is 5.90. The van der Waals surface area contributed by atoms with Crippen molar-refractivity contribution >= 4 is 49.7 Å². The number of rotatable bonds is 6. The van der Waals surface area contributed by atoms with E-state index in [4.69, 9.17) is 14.2 Å². The molecule has 74 heavy (non-hydrogen) atoms. The Morgan fingerprint density at radius 1 is 0.473 bits per heavy atom. The van der Waals surface area contributed by atoms with Gasteiger partial charge in [0.25, 0.3) is 0 Å². The number of anilines is 2. The molecule has 3 aliphatic rings. The van der Waals surface area contributed by atoms with Crippen LogP contribution in [0.1, 0.15) is 57.7 Å². The van der Waals surface area contributed by atoms with Crippen molar-refractivity contribution in [2.24, 2.45) is 0 Å². The van der Waals surface area contributed by atoms with Crippen LogP contribution in [0.2, 0.25) is 0 Å². The van der Waals surface area contributed by atoms with Gasteiger partial charge in [0, 0.05) is 39.4 Å². The zero-order valence-electron chi connectivity index (χ0n) is 39.3. The SMILES string of the molecule is Cc1c(O)c(O)c(O)c(-c2cccc(N(C3=CC=C(c4c(O)c5c6c(c4O)c(O)c(O)c4oc7c(O)c(C)c(C)c(c7c46)OO5)CC3)c3c(O)c(O)c(C4Cc5ccccc5-c5ccccc54)c(O)c3O)c2)c1O. The molecule has 0 spiro atoms. The van der Waals surface area contributed by atoms with Gasteiger partial charge in [-0.15, -0.1) is 0 Å². The Balaban J connectivity index is 1.05. The first-order valence-corrected chi connectivity index (χ1v) is 23.2.